The van der Waals surface area contributed by atoms with Gasteiger partial charge >= 0.3 is 0 Å². The molecule has 0 unspecified atom stereocenters. The molecule has 0 spiro atoms. The number of hydrogen-bond donors (Lipinski definition) is 2. The van der Waals surface area contributed by atoms with Crippen LogP contribution in [0.25, 0.3) is 0 Å². The van der Waals surface area contributed by atoms with E-state index >= 15 is 0 Å². The van der Waals surface area contributed by atoms with Crippen molar-refractivity contribution in [3.8, 4) is 0 Å². The fourth-order valence-electron chi connectivity index (χ4n) is 5.24. The van der Waals surface area contributed by atoms with E-state index in [9.17, 15) is 10.2 Å². The molecule has 1 saturated heterocycles. The van der Waals surface area contributed by atoms with E-state index in [0.29, 0.717) is 22.9 Å². The van der Waals surface area contributed by atoms with E-state index in [1.54, 1.807) is 0 Å². The fraction of sp³-hybridized carbons (Fsp3) is 0.938. The van der Waals surface area contributed by atoms with Gasteiger partial charge in [-0.1, -0.05) is 129 Å². The van der Waals surface area contributed by atoms with Gasteiger partial charge in [-0.3, -0.25) is 0 Å². The van der Waals surface area contributed by atoms with Crippen LogP contribution in [0.2, 0.25) is 0 Å². The van der Waals surface area contributed by atoms with E-state index in [4.69, 9.17) is 38.6 Å². The van der Waals surface area contributed by atoms with E-state index in [2.05, 4.69) is 13.8 Å². The third kappa shape index (κ3) is 18.7. The zero-order valence-electron chi connectivity index (χ0n) is 25.2. The highest BCUT2D eigenvalue weighted by Crippen LogP contribution is 2.25. The van der Waals surface area contributed by atoms with Gasteiger partial charge in [-0.05, 0) is 37.3 Å². The van der Waals surface area contributed by atoms with Gasteiger partial charge in [-0.25, -0.2) is 0 Å². The molecule has 230 valence electrons. The molecule has 1 fully saturated rings. The number of aliphatic hydroxyl groups is 2. The first-order valence-electron chi connectivity index (χ1n) is 16.3. The fourth-order valence-corrected chi connectivity index (χ4v) is 5.77. The molecule has 7 heteroatoms. The molecule has 0 bridgehead atoms. The third-order valence-corrected chi connectivity index (χ3v) is 8.33. The van der Waals surface area contributed by atoms with Crippen molar-refractivity contribution in [1.82, 2.24) is 0 Å². The lowest BCUT2D eigenvalue weighted by Gasteiger charge is -2.28. The van der Waals surface area contributed by atoms with Gasteiger partial charge in [-0.15, -0.1) is 0 Å². The second kappa shape index (κ2) is 25.4. The molecule has 2 N–H and O–H groups in total. The van der Waals surface area contributed by atoms with Crippen molar-refractivity contribution in [2.45, 2.75) is 180 Å². The van der Waals surface area contributed by atoms with Gasteiger partial charge in [0.1, 0.15) is 12.2 Å². The summed E-state index contributed by atoms with van der Waals surface area (Å²) in [6.07, 6.45) is 24.1. The number of aliphatic hydroxyl groups excluding tert-OH is 2. The van der Waals surface area contributed by atoms with Crippen LogP contribution in [0, 0.1) is 0 Å². The molecule has 1 rings (SSSR count). The average Bonchev–Trinajstić information content (AvgIpc) is 3.28. The molecular formula is C32H60O5S2. The molecule has 1 heterocycles. The highest BCUT2D eigenvalue weighted by Gasteiger charge is 2.44. The van der Waals surface area contributed by atoms with E-state index in [1.807, 2.05) is 0 Å². The maximum absolute atomic E-state index is 10.5. The van der Waals surface area contributed by atoms with Crippen LogP contribution >= 0.6 is 24.4 Å². The van der Waals surface area contributed by atoms with Crippen LogP contribution in [0.3, 0.4) is 0 Å². The quantitative estimate of drug-likeness (QED) is 0.0773. The molecule has 1 aliphatic rings. The Bertz CT molecular complexity index is 603. The molecule has 0 amide bonds. The molecule has 0 aromatic carbocycles. The van der Waals surface area contributed by atoms with Crippen molar-refractivity contribution in [2.75, 3.05) is 13.2 Å². The molecule has 0 aliphatic carbocycles. The predicted molar refractivity (Wildman–Crippen MR) is 171 cm³/mol. The second-order valence-electron chi connectivity index (χ2n) is 11.4. The van der Waals surface area contributed by atoms with Gasteiger partial charge in [0.2, 0.25) is 0 Å². The van der Waals surface area contributed by atoms with Crippen LogP contribution in [0.5, 0.6) is 0 Å². The second-order valence-corrected chi connectivity index (χ2v) is 12.3. The number of rotatable bonds is 26. The Kier molecular flexibility index (Phi) is 23.9. The predicted octanol–water partition coefficient (Wildman–Crippen LogP) is 8.79. The van der Waals surface area contributed by atoms with Crippen LogP contribution in [0.15, 0.2) is 0 Å². The smallest absolute Gasteiger partial charge is 0.160 e. The lowest BCUT2D eigenvalue weighted by Crippen LogP contribution is -2.45. The largest absolute Gasteiger partial charge is 0.479 e. The van der Waals surface area contributed by atoms with E-state index in [-0.39, 0.29) is 13.2 Å². The first-order valence-corrected chi connectivity index (χ1v) is 17.1. The Morgan fingerprint density at radius 1 is 0.692 bits per heavy atom. The standard InChI is InChI=1S/C32H60O5S2/c1-3-5-7-9-11-13-15-17-19-21-23-29(38)36-28(25-33)32-31(27(34)26-35-32)37-30(39)24-22-20-18-16-14-12-10-8-6-4-2/h27-28,31-34H,3-26H2,1-2H3/t27-,28+,31+,32+/m0/s1. The molecule has 4 atom stereocenters. The number of hydrogen-bond acceptors (Lipinski definition) is 7. The Labute approximate surface area is 251 Å². The topological polar surface area (TPSA) is 68.2 Å². The van der Waals surface area contributed by atoms with E-state index < -0.39 is 24.4 Å². The highest BCUT2D eigenvalue weighted by molar-refractivity contribution is 7.80. The zero-order valence-corrected chi connectivity index (χ0v) is 26.8. The van der Waals surface area contributed by atoms with Gasteiger partial charge < -0.3 is 24.4 Å². The molecule has 0 aromatic heterocycles. The summed E-state index contributed by atoms with van der Waals surface area (Å²) in [5, 5.41) is 21.4. The van der Waals surface area contributed by atoms with Crippen molar-refractivity contribution in [3.05, 3.63) is 0 Å². The summed E-state index contributed by atoms with van der Waals surface area (Å²) < 4.78 is 17.7. The molecule has 0 aromatic rings. The number of unbranched alkanes of at least 4 members (excludes halogenated alkanes) is 18. The van der Waals surface area contributed by atoms with Crippen molar-refractivity contribution < 1.29 is 24.4 Å². The summed E-state index contributed by atoms with van der Waals surface area (Å²) in [6, 6.07) is 0. The summed E-state index contributed by atoms with van der Waals surface area (Å²) in [7, 11) is 0. The SMILES string of the molecule is CCCCCCCCCCCCC(=S)O[C@H]1[C@@H]([C@@H](CO)OC(=S)CCCCCCCCCCCC)OC[C@@H]1O. The van der Waals surface area contributed by atoms with Crippen molar-refractivity contribution in [1.29, 1.82) is 0 Å². The van der Waals surface area contributed by atoms with Crippen LogP contribution < -0.4 is 0 Å². The Balaban J connectivity index is 2.22. The van der Waals surface area contributed by atoms with Gasteiger partial charge in [0.25, 0.3) is 0 Å². The third-order valence-electron chi connectivity index (χ3n) is 7.73. The Hall–Kier alpha value is -0.340. The van der Waals surface area contributed by atoms with Crippen molar-refractivity contribution in [3.63, 3.8) is 0 Å². The maximum Gasteiger partial charge on any atom is 0.160 e. The van der Waals surface area contributed by atoms with Crippen LogP contribution in [-0.4, -0.2) is 57.9 Å². The van der Waals surface area contributed by atoms with Gasteiger partial charge in [0.05, 0.1) is 13.2 Å². The first kappa shape index (κ1) is 36.7. The minimum absolute atomic E-state index is 0.140. The Morgan fingerprint density at radius 2 is 1.10 bits per heavy atom. The summed E-state index contributed by atoms with van der Waals surface area (Å²) in [5.41, 5.74) is 0. The van der Waals surface area contributed by atoms with Crippen LogP contribution in [0.1, 0.15) is 155 Å². The summed E-state index contributed by atoms with van der Waals surface area (Å²) in [5.74, 6) is 0. The minimum Gasteiger partial charge on any atom is -0.479 e. The van der Waals surface area contributed by atoms with E-state index in [0.717, 1.165) is 25.7 Å². The molecule has 1 aliphatic heterocycles. The average molecular weight is 589 g/mol. The molecule has 0 saturated carbocycles. The first-order chi connectivity index (χ1) is 19.0. The molecule has 5 nitrogen and oxygen atoms in total. The zero-order chi connectivity index (χ0) is 28.6. The van der Waals surface area contributed by atoms with Crippen molar-refractivity contribution >= 4 is 34.5 Å². The summed E-state index contributed by atoms with van der Waals surface area (Å²) in [6.45, 7) is 4.40. The minimum atomic E-state index is -0.797. The lowest BCUT2D eigenvalue weighted by atomic mass is 10.1. The van der Waals surface area contributed by atoms with Gasteiger partial charge in [0, 0.05) is 12.8 Å². The van der Waals surface area contributed by atoms with Crippen molar-refractivity contribution in [2.24, 2.45) is 0 Å². The summed E-state index contributed by atoms with van der Waals surface area (Å²) in [4.78, 5) is 0. The van der Waals surface area contributed by atoms with E-state index in [1.165, 1.54) is 103 Å². The highest BCUT2D eigenvalue weighted by atomic mass is 32.1. The van der Waals surface area contributed by atoms with Crippen LogP contribution in [-0.2, 0) is 14.2 Å². The number of ether oxygens (including phenoxy) is 3. The summed E-state index contributed by atoms with van der Waals surface area (Å²) >= 11 is 10.9. The van der Waals surface area contributed by atoms with Gasteiger partial charge in [0.15, 0.2) is 22.3 Å². The monoisotopic (exact) mass is 588 g/mol. The lowest BCUT2D eigenvalue weighted by molar-refractivity contribution is -0.0577. The van der Waals surface area contributed by atoms with Crippen LogP contribution in [0.4, 0.5) is 0 Å². The number of thiocarbonyl (C=S) groups is 2. The van der Waals surface area contributed by atoms with Gasteiger partial charge in [-0.2, -0.15) is 0 Å². The molecule has 39 heavy (non-hydrogen) atoms. The molecular weight excluding hydrogens is 528 g/mol. The maximum atomic E-state index is 10.5. The Morgan fingerprint density at radius 3 is 1.54 bits per heavy atom. The normalized spacial score (nSPS) is 19.7. The molecule has 0 radical (unpaired) electrons.